The zero-order valence-electron chi connectivity index (χ0n) is 7.99. The first-order chi connectivity index (χ1) is 6.57. The average molecular weight is 195 g/mol. The smallest absolute Gasteiger partial charge is 0.310 e. The molecule has 4 heteroatoms. The summed E-state index contributed by atoms with van der Waals surface area (Å²) in [5.74, 6) is 0.317. The van der Waals surface area contributed by atoms with Gasteiger partial charge in [0.05, 0.1) is 5.41 Å². The van der Waals surface area contributed by atoms with Crippen LogP contribution in [-0.4, -0.2) is 23.0 Å². The molecule has 14 heavy (non-hydrogen) atoms. The number of hydrogen-bond donors (Lipinski definition) is 2. The Kier molecular flexibility index (Phi) is 1.25. The lowest BCUT2D eigenvalue weighted by Gasteiger charge is -2.14. The minimum Gasteiger partial charge on any atom is -0.481 e. The van der Waals surface area contributed by atoms with Gasteiger partial charge in [-0.25, -0.2) is 0 Å². The molecule has 4 saturated carbocycles. The third-order valence-electron chi connectivity index (χ3n) is 4.40. The lowest BCUT2D eigenvalue weighted by Crippen LogP contribution is -2.36. The van der Waals surface area contributed by atoms with Crippen molar-refractivity contribution >= 4 is 11.9 Å². The minimum atomic E-state index is -0.650. The molecule has 5 unspecified atom stereocenters. The Hall–Kier alpha value is -1.06. The summed E-state index contributed by atoms with van der Waals surface area (Å²) in [6.45, 7) is 1.50. The Morgan fingerprint density at radius 2 is 2.21 bits per heavy atom. The quantitative estimate of drug-likeness (QED) is 0.663. The molecule has 0 aromatic heterocycles. The molecule has 2 N–H and O–H groups in total. The lowest BCUT2D eigenvalue weighted by molar-refractivity contribution is -0.143. The Labute approximate surface area is 81.7 Å². The van der Waals surface area contributed by atoms with E-state index >= 15 is 0 Å². The van der Waals surface area contributed by atoms with Gasteiger partial charge in [-0.05, 0) is 30.6 Å². The largest absolute Gasteiger partial charge is 0.481 e. The minimum absolute atomic E-state index is 0.0336. The molecule has 0 aliphatic heterocycles. The van der Waals surface area contributed by atoms with E-state index in [4.69, 9.17) is 5.11 Å². The van der Waals surface area contributed by atoms with Gasteiger partial charge in [0, 0.05) is 13.0 Å². The van der Waals surface area contributed by atoms with Crippen molar-refractivity contribution < 1.29 is 14.7 Å². The zero-order valence-corrected chi connectivity index (χ0v) is 7.99. The molecule has 0 aromatic rings. The summed E-state index contributed by atoms with van der Waals surface area (Å²) in [5.41, 5.74) is -0.447. The fourth-order valence-corrected chi connectivity index (χ4v) is 4.01. The number of carboxylic acids is 1. The maximum absolute atomic E-state index is 11.1. The van der Waals surface area contributed by atoms with E-state index in [2.05, 4.69) is 5.32 Å². The highest BCUT2D eigenvalue weighted by Crippen LogP contribution is 2.78. The summed E-state index contributed by atoms with van der Waals surface area (Å²) in [4.78, 5) is 22.1. The SMILES string of the molecule is CC(=O)NC1C2CC3C1C3(C(=O)O)C2. The van der Waals surface area contributed by atoms with Gasteiger partial charge in [0.1, 0.15) is 0 Å². The third kappa shape index (κ3) is 0.678. The van der Waals surface area contributed by atoms with Crippen LogP contribution >= 0.6 is 0 Å². The summed E-state index contributed by atoms with van der Waals surface area (Å²) in [6, 6.07) is 0.147. The van der Waals surface area contributed by atoms with Crippen molar-refractivity contribution in [2.24, 2.45) is 23.2 Å². The first-order valence-electron chi connectivity index (χ1n) is 5.08. The van der Waals surface area contributed by atoms with Gasteiger partial charge in [0.15, 0.2) is 0 Å². The van der Waals surface area contributed by atoms with Crippen molar-refractivity contribution in [3.8, 4) is 0 Å². The van der Waals surface area contributed by atoms with Gasteiger partial charge in [-0.3, -0.25) is 9.59 Å². The highest BCUT2D eigenvalue weighted by Gasteiger charge is 2.82. The van der Waals surface area contributed by atoms with Gasteiger partial charge in [0.2, 0.25) is 5.91 Å². The maximum atomic E-state index is 11.1. The second-order valence-corrected chi connectivity index (χ2v) is 4.90. The number of rotatable bonds is 2. The van der Waals surface area contributed by atoms with Crippen molar-refractivity contribution in [2.45, 2.75) is 25.8 Å². The molecule has 5 atom stereocenters. The molecular formula is C10H13NO3. The topological polar surface area (TPSA) is 66.4 Å². The molecule has 0 saturated heterocycles. The number of carbonyl (C=O) groups excluding carboxylic acids is 1. The van der Waals surface area contributed by atoms with Gasteiger partial charge in [-0.2, -0.15) is 0 Å². The van der Waals surface area contributed by atoms with Crippen LogP contribution in [-0.2, 0) is 9.59 Å². The third-order valence-corrected chi connectivity index (χ3v) is 4.40. The Morgan fingerprint density at radius 3 is 2.64 bits per heavy atom. The van der Waals surface area contributed by atoms with Crippen LogP contribution in [0.15, 0.2) is 0 Å². The first-order valence-corrected chi connectivity index (χ1v) is 5.08. The fourth-order valence-electron chi connectivity index (χ4n) is 4.01. The molecule has 4 bridgehead atoms. The molecule has 0 spiro atoms. The van der Waals surface area contributed by atoms with Crippen molar-refractivity contribution in [1.29, 1.82) is 0 Å². The van der Waals surface area contributed by atoms with Crippen LogP contribution in [0.25, 0.3) is 0 Å². The van der Waals surface area contributed by atoms with E-state index < -0.39 is 11.4 Å². The van der Waals surface area contributed by atoms with E-state index in [1.54, 1.807) is 0 Å². The predicted molar refractivity (Wildman–Crippen MR) is 47.4 cm³/mol. The highest BCUT2D eigenvalue weighted by atomic mass is 16.4. The van der Waals surface area contributed by atoms with E-state index in [0.717, 1.165) is 12.8 Å². The summed E-state index contributed by atoms with van der Waals surface area (Å²) in [7, 11) is 0. The molecule has 0 aromatic carbocycles. The Balaban J connectivity index is 1.84. The second kappa shape index (κ2) is 2.12. The fraction of sp³-hybridized carbons (Fsp3) is 0.800. The van der Waals surface area contributed by atoms with Crippen molar-refractivity contribution in [3.05, 3.63) is 0 Å². The molecule has 76 valence electrons. The van der Waals surface area contributed by atoms with Crippen LogP contribution in [0.3, 0.4) is 0 Å². The summed E-state index contributed by atoms with van der Waals surface area (Å²) in [5, 5.41) is 12.1. The van der Waals surface area contributed by atoms with Crippen molar-refractivity contribution in [1.82, 2.24) is 5.32 Å². The number of carbonyl (C=O) groups is 2. The average Bonchev–Trinajstić information content (AvgIpc) is 2.48. The normalized spacial score (nSPS) is 51.8. The van der Waals surface area contributed by atoms with E-state index in [1.807, 2.05) is 0 Å². The van der Waals surface area contributed by atoms with Crippen LogP contribution < -0.4 is 5.32 Å². The van der Waals surface area contributed by atoms with Crippen LogP contribution in [0.5, 0.6) is 0 Å². The van der Waals surface area contributed by atoms with Gasteiger partial charge in [0.25, 0.3) is 0 Å². The van der Waals surface area contributed by atoms with E-state index in [0.29, 0.717) is 11.8 Å². The molecule has 4 nitrogen and oxygen atoms in total. The van der Waals surface area contributed by atoms with E-state index in [9.17, 15) is 9.59 Å². The van der Waals surface area contributed by atoms with Gasteiger partial charge in [-0.15, -0.1) is 0 Å². The van der Waals surface area contributed by atoms with Gasteiger partial charge in [-0.1, -0.05) is 0 Å². The molecule has 4 rings (SSSR count). The standard InChI is InChI=1S/C10H13NO3/c1-4(12)11-8-5-2-6-7(8)10(6,3-5)9(13)14/h5-8H,2-3H2,1H3,(H,11,12)(H,13,14). The molecular weight excluding hydrogens is 182 g/mol. The molecule has 1 amide bonds. The molecule has 4 aliphatic carbocycles. The highest BCUT2D eigenvalue weighted by molar-refractivity contribution is 5.83. The maximum Gasteiger partial charge on any atom is 0.310 e. The monoisotopic (exact) mass is 195 g/mol. The molecule has 4 fully saturated rings. The van der Waals surface area contributed by atoms with Crippen LogP contribution in [0.2, 0.25) is 0 Å². The summed E-state index contributed by atoms with van der Waals surface area (Å²) in [6.07, 6.45) is 1.78. The van der Waals surface area contributed by atoms with Gasteiger partial charge >= 0.3 is 5.97 Å². The predicted octanol–water partition coefficient (Wildman–Crippen LogP) is 0.232. The van der Waals surface area contributed by atoms with Crippen LogP contribution in [0, 0.1) is 23.2 Å². The molecule has 0 heterocycles. The summed E-state index contributed by atoms with van der Waals surface area (Å²) < 4.78 is 0. The number of hydrogen-bond acceptors (Lipinski definition) is 2. The Morgan fingerprint density at radius 1 is 1.50 bits per heavy atom. The Bertz CT molecular complexity index is 340. The van der Waals surface area contributed by atoms with Crippen LogP contribution in [0.1, 0.15) is 19.8 Å². The first kappa shape index (κ1) is 8.26. The van der Waals surface area contributed by atoms with Crippen molar-refractivity contribution in [3.63, 3.8) is 0 Å². The number of amides is 1. The zero-order chi connectivity index (χ0) is 10.1. The van der Waals surface area contributed by atoms with Gasteiger partial charge < -0.3 is 10.4 Å². The number of nitrogens with one attached hydrogen (secondary N) is 1. The van der Waals surface area contributed by atoms with E-state index in [-0.39, 0.29) is 17.9 Å². The molecule has 4 aliphatic rings. The number of aliphatic carboxylic acids is 1. The van der Waals surface area contributed by atoms with Crippen LogP contribution in [0.4, 0.5) is 0 Å². The second-order valence-electron chi connectivity index (χ2n) is 4.90. The lowest BCUT2D eigenvalue weighted by atomic mass is 10.1. The van der Waals surface area contributed by atoms with Crippen molar-refractivity contribution in [2.75, 3.05) is 0 Å². The number of carboxylic acid groups (broad SMARTS) is 1. The molecule has 0 radical (unpaired) electrons. The van der Waals surface area contributed by atoms with E-state index in [1.165, 1.54) is 6.92 Å². The summed E-state index contributed by atoms with van der Waals surface area (Å²) >= 11 is 0.